The van der Waals surface area contributed by atoms with Gasteiger partial charge < -0.3 is 15.0 Å². The Hall–Kier alpha value is -2.64. The van der Waals surface area contributed by atoms with Gasteiger partial charge in [0.15, 0.2) is 0 Å². The highest BCUT2D eigenvalue weighted by Gasteiger charge is 2.30. The molecule has 0 radical (unpaired) electrons. The summed E-state index contributed by atoms with van der Waals surface area (Å²) in [6.07, 6.45) is 0.558. The van der Waals surface area contributed by atoms with Crippen molar-refractivity contribution in [2.45, 2.75) is 19.4 Å². The van der Waals surface area contributed by atoms with E-state index in [4.69, 9.17) is 4.74 Å². The second-order valence-corrected chi connectivity index (χ2v) is 9.95. The number of carbonyl (C=O) groups is 2. The largest absolute Gasteiger partial charge is 0.488 e. The molecule has 31 heavy (non-hydrogen) atoms. The maximum Gasteiger partial charge on any atom is 0.264 e. The predicted molar refractivity (Wildman–Crippen MR) is 127 cm³/mol. The van der Waals surface area contributed by atoms with Gasteiger partial charge in [-0.05, 0) is 63.8 Å². The Morgan fingerprint density at radius 1 is 1.16 bits per heavy atom. The molecule has 5 nitrogen and oxygen atoms in total. The average molecular weight is 499 g/mol. The molecule has 0 spiro atoms. The van der Waals surface area contributed by atoms with Crippen molar-refractivity contribution in [1.29, 1.82) is 0 Å². The zero-order valence-corrected chi connectivity index (χ0v) is 19.8. The molecule has 0 aliphatic carbocycles. The highest BCUT2D eigenvalue weighted by atomic mass is 79.9. The van der Waals surface area contributed by atoms with Crippen LogP contribution in [0.2, 0.25) is 0 Å². The number of carbonyl (C=O) groups excluding carboxylic acids is 2. The van der Waals surface area contributed by atoms with Gasteiger partial charge in [0.25, 0.3) is 11.8 Å². The van der Waals surface area contributed by atoms with Crippen LogP contribution >= 0.6 is 27.3 Å². The number of benzene rings is 2. The standard InChI is InChI=1S/C24H23BrN2O3S/c1-15-5-3-4-6-18(15)16-7-8-19(23(28)26-2)20(13-16)30-17-11-12-27(14-17)24(29)21-9-10-22(25)31-21/h3-10,13,17H,11-12,14H2,1-2H3,(H,26,28)/t17-/m1/s1. The van der Waals surface area contributed by atoms with E-state index in [9.17, 15) is 9.59 Å². The van der Waals surface area contributed by atoms with Crippen molar-refractivity contribution in [3.63, 3.8) is 0 Å². The third-order valence-electron chi connectivity index (χ3n) is 5.42. The second kappa shape index (κ2) is 9.24. The monoisotopic (exact) mass is 498 g/mol. The van der Waals surface area contributed by atoms with Crippen LogP contribution in [-0.4, -0.2) is 43.0 Å². The lowest BCUT2D eigenvalue weighted by Crippen LogP contribution is -2.30. The van der Waals surface area contributed by atoms with Crippen LogP contribution < -0.4 is 10.1 Å². The smallest absolute Gasteiger partial charge is 0.264 e. The summed E-state index contributed by atoms with van der Waals surface area (Å²) >= 11 is 4.84. The van der Waals surface area contributed by atoms with E-state index in [1.807, 2.05) is 41.3 Å². The van der Waals surface area contributed by atoms with E-state index in [-0.39, 0.29) is 17.9 Å². The Bertz CT molecular complexity index is 1130. The first-order valence-corrected chi connectivity index (χ1v) is 11.7. The highest BCUT2D eigenvalue weighted by molar-refractivity contribution is 9.11. The number of amides is 2. The first-order valence-electron chi connectivity index (χ1n) is 10.1. The van der Waals surface area contributed by atoms with Gasteiger partial charge in [-0.25, -0.2) is 0 Å². The molecule has 1 N–H and O–H groups in total. The Morgan fingerprint density at radius 3 is 2.68 bits per heavy atom. The SMILES string of the molecule is CNC(=O)c1ccc(-c2ccccc2C)cc1O[C@@H]1CCN(C(=O)c2ccc(Br)s2)C1. The quantitative estimate of drug-likeness (QED) is 0.529. The van der Waals surface area contributed by atoms with Crippen LogP contribution in [0.15, 0.2) is 58.4 Å². The summed E-state index contributed by atoms with van der Waals surface area (Å²) in [4.78, 5) is 27.7. The van der Waals surface area contributed by atoms with E-state index in [2.05, 4.69) is 40.3 Å². The topological polar surface area (TPSA) is 58.6 Å². The molecule has 1 aliphatic rings. The maximum atomic E-state index is 12.8. The molecular weight excluding hydrogens is 476 g/mol. The van der Waals surface area contributed by atoms with Crippen LogP contribution in [0.4, 0.5) is 0 Å². The van der Waals surface area contributed by atoms with Crippen molar-refractivity contribution >= 4 is 39.1 Å². The van der Waals surface area contributed by atoms with Gasteiger partial charge in [-0.3, -0.25) is 9.59 Å². The van der Waals surface area contributed by atoms with Crippen molar-refractivity contribution in [3.8, 4) is 16.9 Å². The van der Waals surface area contributed by atoms with E-state index >= 15 is 0 Å². The Labute approximate surface area is 194 Å². The number of halogens is 1. The minimum Gasteiger partial charge on any atom is -0.488 e. The summed E-state index contributed by atoms with van der Waals surface area (Å²) < 4.78 is 7.23. The lowest BCUT2D eigenvalue weighted by Gasteiger charge is -2.19. The molecule has 1 aromatic heterocycles. The second-order valence-electron chi connectivity index (χ2n) is 7.49. The normalized spacial score (nSPS) is 15.7. The maximum absolute atomic E-state index is 12.8. The first-order chi connectivity index (χ1) is 15.0. The van der Waals surface area contributed by atoms with Crippen LogP contribution in [0.25, 0.3) is 11.1 Å². The minimum absolute atomic E-state index is 0.0157. The van der Waals surface area contributed by atoms with Crippen LogP contribution in [0.3, 0.4) is 0 Å². The van der Waals surface area contributed by atoms with Gasteiger partial charge in [-0.2, -0.15) is 0 Å². The van der Waals surface area contributed by atoms with E-state index in [0.717, 1.165) is 26.9 Å². The number of likely N-dealkylation sites (tertiary alicyclic amines) is 1. The molecule has 2 aromatic carbocycles. The summed E-state index contributed by atoms with van der Waals surface area (Å²) in [5.41, 5.74) is 3.74. The van der Waals surface area contributed by atoms with Crippen LogP contribution in [0, 0.1) is 6.92 Å². The number of rotatable bonds is 5. The molecule has 4 rings (SSSR count). The number of nitrogens with one attached hydrogen (secondary N) is 1. The molecule has 3 aromatic rings. The minimum atomic E-state index is -0.194. The van der Waals surface area contributed by atoms with Gasteiger partial charge in [0.1, 0.15) is 11.9 Å². The van der Waals surface area contributed by atoms with Crippen molar-refractivity contribution < 1.29 is 14.3 Å². The number of hydrogen-bond acceptors (Lipinski definition) is 4. The van der Waals surface area contributed by atoms with Crippen LogP contribution in [0.5, 0.6) is 5.75 Å². The number of nitrogens with zero attached hydrogens (tertiary/aromatic N) is 1. The van der Waals surface area contributed by atoms with Crippen molar-refractivity contribution in [2.75, 3.05) is 20.1 Å². The molecule has 0 saturated carbocycles. The van der Waals surface area contributed by atoms with E-state index in [0.29, 0.717) is 29.3 Å². The molecule has 1 atom stereocenters. The fourth-order valence-electron chi connectivity index (χ4n) is 3.78. The summed E-state index contributed by atoms with van der Waals surface area (Å²) in [6.45, 7) is 3.19. The third kappa shape index (κ3) is 4.67. The van der Waals surface area contributed by atoms with Gasteiger partial charge in [0.05, 0.1) is 20.8 Å². The van der Waals surface area contributed by atoms with Crippen molar-refractivity contribution in [3.05, 3.63) is 74.4 Å². The zero-order valence-electron chi connectivity index (χ0n) is 17.4. The molecule has 7 heteroatoms. The molecule has 1 saturated heterocycles. The molecule has 1 aliphatic heterocycles. The number of thiophene rings is 1. The van der Waals surface area contributed by atoms with Crippen LogP contribution in [-0.2, 0) is 0 Å². The molecule has 160 valence electrons. The zero-order chi connectivity index (χ0) is 22.0. The van der Waals surface area contributed by atoms with E-state index in [1.165, 1.54) is 11.3 Å². The Kier molecular flexibility index (Phi) is 6.43. The van der Waals surface area contributed by atoms with Crippen LogP contribution in [0.1, 0.15) is 32.0 Å². The summed E-state index contributed by atoms with van der Waals surface area (Å²) in [6, 6.07) is 17.5. The summed E-state index contributed by atoms with van der Waals surface area (Å²) in [5.74, 6) is 0.362. The third-order valence-corrected chi connectivity index (χ3v) is 7.03. The van der Waals surface area contributed by atoms with E-state index in [1.54, 1.807) is 13.1 Å². The molecule has 0 unspecified atom stereocenters. The Morgan fingerprint density at radius 2 is 1.97 bits per heavy atom. The predicted octanol–water partition coefficient (Wildman–Crippen LogP) is 5.14. The summed E-state index contributed by atoms with van der Waals surface area (Å²) in [5, 5.41) is 2.68. The molecular formula is C24H23BrN2O3S. The van der Waals surface area contributed by atoms with Gasteiger partial charge in [-0.15, -0.1) is 11.3 Å². The van der Waals surface area contributed by atoms with Gasteiger partial charge in [0.2, 0.25) is 0 Å². The van der Waals surface area contributed by atoms with Gasteiger partial charge in [0, 0.05) is 20.0 Å². The molecule has 2 amide bonds. The van der Waals surface area contributed by atoms with Crippen molar-refractivity contribution in [1.82, 2.24) is 10.2 Å². The molecule has 0 bridgehead atoms. The molecule has 1 fully saturated rings. The first kappa shape index (κ1) is 21.6. The average Bonchev–Trinajstić information content (AvgIpc) is 3.42. The number of aryl methyl sites for hydroxylation is 1. The number of hydrogen-bond donors (Lipinski definition) is 1. The Balaban J connectivity index is 1.56. The lowest BCUT2D eigenvalue weighted by molar-refractivity contribution is 0.0775. The van der Waals surface area contributed by atoms with Gasteiger partial charge >= 0.3 is 0 Å². The molecule has 2 heterocycles. The highest BCUT2D eigenvalue weighted by Crippen LogP contribution is 2.32. The fraction of sp³-hybridized carbons (Fsp3) is 0.250. The fourth-order valence-corrected chi connectivity index (χ4v) is 5.13. The summed E-state index contributed by atoms with van der Waals surface area (Å²) in [7, 11) is 1.61. The van der Waals surface area contributed by atoms with Crippen molar-refractivity contribution in [2.24, 2.45) is 0 Å². The lowest BCUT2D eigenvalue weighted by atomic mass is 9.98. The number of ether oxygens (including phenoxy) is 1. The van der Waals surface area contributed by atoms with E-state index < -0.39 is 0 Å². The van der Waals surface area contributed by atoms with Gasteiger partial charge in [-0.1, -0.05) is 30.3 Å².